The van der Waals surface area contributed by atoms with Crippen molar-refractivity contribution < 1.29 is 0 Å². The number of fused-ring (bicyclic) bond motifs is 1. The Morgan fingerprint density at radius 1 is 0.905 bits per heavy atom. The van der Waals surface area contributed by atoms with Crippen molar-refractivity contribution in [2.24, 2.45) is 0 Å². The predicted octanol–water partition coefficient (Wildman–Crippen LogP) is 5.87. The number of hydrogen-bond donors (Lipinski definition) is 0. The predicted molar refractivity (Wildman–Crippen MR) is 89.5 cm³/mol. The summed E-state index contributed by atoms with van der Waals surface area (Å²) in [6.07, 6.45) is 0. The lowest BCUT2D eigenvalue weighted by Crippen LogP contribution is -1.95. The van der Waals surface area contributed by atoms with Gasteiger partial charge < -0.3 is 0 Å². The van der Waals surface area contributed by atoms with E-state index < -0.39 is 0 Å². The average molecular weight is 338 g/mol. The molecule has 0 aliphatic carbocycles. The van der Waals surface area contributed by atoms with Gasteiger partial charge in [0.2, 0.25) is 0 Å². The molecule has 3 rings (SSSR count). The molecule has 0 unspecified atom stereocenters. The lowest BCUT2D eigenvalue weighted by atomic mass is 10.1. The van der Waals surface area contributed by atoms with Crippen LogP contribution in [0.3, 0.4) is 0 Å². The highest BCUT2D eigenvalue weighted by molar-refractivity contribution is 6.41. The van der Waals surface area contributed by atoms with Gasteiger partial charge >= 0.3 is 0 Å². The lowest BCUT2D eigenvalue weighted by Gasteiger charge is -2.09. The first-order chi connectivity index (χ1) is 9.95. The van der Waals surface area contributed by atoms with Crippen molar-refractivity contribution in [1.82, 2.24) is 9.97 Å². The fourth-order valence-corrected chi connectivity index (χ4v) is 3.07. The molecule has 0 saturated carbocycles. The van der Waals surface area contributed by atoms with Crippen LogP contribution in [-0.4, -0.2) is 9.97 Å². The minimum absolute atomic E-state index is 0.347. The molecule has 2 nitrogen and oxygen atoms in total. The van der Waals surface area contributed by atoms with Crippen LogP contribution in [0.5, 0.6) is 0 Å². The van der Waals surface area contributed by atoms with E-state index in [1.807, 2.05) is 26.0 Å². The summed E-state index contributed by atoms with van der Waals surface area (Å²) >= 11 is 18.5. The maximum Gasteiger partial charge on any atom is 0.161 e. The van der Waals surface area contributed by atoms with Crippen LogP contribution in [0.1, 0.15) is 11.1 Å². The number of halogens is 3. The Balaban J connectivity index is 2.30. The second-order valence-electron chi connectivity index (χ2n) is 4.94. The lowest BCUT2D eigenvalue weighted by molar-refractivity contribution is 1.21. The average Bonchev–Trinajstić information content (AvgIpc) is 2.40. The third-order valence-electron chi connectivity index (χ3n) is 3.30. The minimum atomic E-state index is 0.347. The summed E-state index contributed by atoms with van der Waals surface area (Å²) < 4.78 is 0. The summed E-state index contributed by atoms with van der Waals surface area (Å²) in [6.45, 7) is 4.07. The van der Waals surface area contributed by atoms with Crippen LogP contribution in [0.25, 0.3) is 22.3 Å². The molecule has 0 radical (unpaired) electrons. The first-order valence-corrected chi connectivity index (χ1v) is 7.49. The molecule has 106 valence electrons. The molecule has 0 aliphatic rings. The van der Waals surface area contributed by atoms with Gasteiger partial charge in [-0.15, -0.1) is 0 Å². The zero-order valence-electron chi connectivity index (χ0n) is 11.4. The maximum atomic E-state index is 6.27. The highest BCUT2D eigenvalue weighted by Gasteiger charge is 2.13. The molecule has 1 heterocycles. The Kier molecular flexibility index (Phi) is 3.78. The van der Waals surface area contributed by atoms with E-state index in [2.05, 4.69) is 16.0 Å². The molecule has 0 aliphatic heterocycles. The smallest absolute Gasteiger partial charge is 0.161 e. The highest BCUT2D eigenvalue weighted by Crippen LogP contribution is 2.32. The summed E-state index contributed by atoms with van der Waals surface area (Å²) in [4.78, 5) is 8.93. The van der Waals surface area contributed by atoms with E-state index in [4.69, 9.17) is 34.8 Å². The zero-order valence-corrected chi connectivity index (χ0v) is 13.7. The first-order valence-electron chi connectivity index (χ1n) is 6.35. The van der Waals surface area contributed by atoms with Gasteiger partial charge in [0.1, 0.15) is 5.15 Å². The standard InChI is InChI=1S/C16H11Cl3N2/c1-8-3-4-11(9(2)5-8)16-20-14-12(15(19)21-16)6-10(17)7-13(14)18/h3-7H,1-2H3. The van der Waals surface area contributed by atoms with E-state index >= 15 is 0 Å². The Morgan fingerprint density at radius 3 is 2.38 bits per heavy atom. The van der Waals surface area contributed by atoms with E-state index in [0.717, 1.165) is 11.1 Å². The van der Waals surface area contributed by atoms with Crippen molar-refractivity contribution in [3.8, 4) is 11.4 Å². The topological polar surface area (TPSA) is 25.8 Å². The van der Waals surface area contributed by atoms with Crippen molar-refractivity contribution >= 4 is 45.7 Å². The van der Waals surface area contributed by atoms with E-state index in [1.165, 1.54) is 5.56 Å². The Labute approximate surface area is 137 Å². The van der Waals surface area contributed by atoms with E-state index in [-0.39, 0.29) is 0 Å². The number of aryl methyl sites for hydroxylation is 2. The van der Waals surface area contributed by atoms with Crippen LogP contribution >= 0.6 is 34.8 Å². The molecule has 0 N–H and O–H groups in total. The van der Waals surface area contributed by atoms with Gasteiger partial charge in [0.25, 0.3) is 0 Å². The van der Waals surface area contributed by atoms with Gasteiger partial charge in [-0.1, -0.05) is 58.6 Å². The van der Waals surface area contributed by atoms with Crippen LogP contribution in [0.15, 0.2) is 30.3 Å². The molecule has 21 heavy (non-hydrogen) atoms. The van der Waals surface area contributed by atoms with Gasteiger partial charge in [-0.2, -0.15) is 0 Å². The molecule has 0 bridgehead atoms. The summed E-state index contributed by atoms with van der Waals surface area (Å²) in [5.41, 5.74) is 3.83. The first kappa shape index (κ1) is 14.6. The van der Waals surface area contributed by atoms with Gasteiger partial charge in [-0.3, -0.25) is 0 Å². The maximum absolute atomic E-state index is 6.27. The monoisotopic (exact) mass is 336 g/mol. The Morgan fingerprint density at radius 2 is 1.67 bits per heavy atom. The van der Waals surface area contributed by atoms with Gasteiger partial charge in [-0.05, 0) is 31.5 Å². The third-order valence-corrected chi connectivity index (χ3v) is 4.09. The second-order valence-corrected chi connectivity index (χ2v) is 6.14. The fraction of sp³-hybridized carbons (Fsp3) is 0.125. The molecular formula is C16H11Cl3N2. The molecule has 0 atom stereocenters. The number of hydrogen-bond acceptors (Lipinski definition) is 2. The van der Waals surface area contributed by atoms with Gasteiger partial charge in [0.15, 0.2) is 5.82 Å². The van der Waals surface area contributed by atoms with Crippen molar-refractivity contribution in [3.63, 3.8) is 0 Å². The van der Waals surface area contributed by atoms with Crippen LogP contribution in [0.4, 0.5) is 0 Å². The Bertz CT molecular complexity index is 860. The molecular weight excluding hydrogens is 327 g/mol. The van der Waals surface area contributed by atoms with Crippen molar-refractivity contribution in [2.45, 2.75) is 13.8 Å². The summed E-state index contributed by atoms with van der Waals surface area (Å²) in [6, 6.07) is 9.47. The fourth-order valence-electron chi connectivity index (χ4n) is 2.31. The van der Waals surface area contributed by atoms with Gasteiger partial charge in [0.05, 0.1) is 10.5 Å². The molecule has 0 fully saturated rings. The van der Waals surface area contributed by atoms with Crippen LogP contribution < -0.4 is 0 Å². The van der Waals surface area contributed by atoms with Crippen LogP contribution in [0.2, 0.25) is 15.2 Å². The molecule has 3 aromatic rings. The van der Waals surface area contributed by atoms with Crippen molar-refractivity contribution in [2.75, 3.05) is 0 Å². The molecule has 1 aromatic heterocycles. The quantitative estimate of drug-likeness (QED) is 0.519. The number of rotatable bonds is 1. The van der Waals surface area contributed by atoms with E-state index in [1.54, 1.807) is 12.1 Å². The van der Waals surface area contributed by atoms with Gasteiger partial charge in [-0.25, -0.2) is 9.97 Å². The molecule has 5 heteroatoms. The van der Waals surface area contributed by atoms with Gasteiger partial charge in [0, 0.05) is 16.0 Å². The molecule has 2 aromatic carbocycles. The third kappa shape index (κ3) is 2.71. The van der Waals surface area contributed by atoms with E-state index in [9.17, 15) is 0 Å². The van der Waals surface area contributed by atoms with Crippen LogP contribution in [-0.2, 0) is 0 Å². The van der Waals surface area contributed by atoms with Crippen LogP contribution in [0, 0.1) is 13.8 Å². The Hall–Kier alpha value is -1.35. The molecule has 0 amide bonds. The SMILES string of the molecule is Cc1ccc(-c2nc(Cl)c3cc(Cl)cc(Cl)c3n2)c(C)c1. The summed E-state index contributed by atoms with van der Waals surface area (Å²) in [5.74, 6) is 0.564. The van der Waals surface area contributed by atoms with E-state index in [0.29, 0.717) is 31.9 Å². The van der Waals surface area contributed by atoms with Crippen molar-refractivity contribution in [1.29, 1.82) is 0 Å². The largest absolute Gasteiger partial charge is 0.226 e. The number of benzene rings is 2. The molecule has 0 saturated heterocycles. The normalized spacial score (nSPS) is 11.1. The number of nitrogens with zero attached hydrogens (tertiary/aromatic N) is 2. The minimum Gasteiger partial charge on any atom is -0.226 e. The summed E-state index contributed by atoms with van der Waals surface area (Å²) in [5, 5.41) is 1.98. The molecule has 0 spiro atoms. The highest BCUT2D eigenvalue weighted by atomic mass is 35.5. The van der Waals surface area contributed by atoms with Crippen molar-refractivity contribution in [3.05, 3.63) is 56.7 Å². The number of aromatic nitrogens is 2. The zero-order chi connectivity index (χ0) is 15.1. The summed E-state index contributed by atoms with van der Waals surface area (Å²) in [7, 11) is 0. The second kappa shape index (κ2) is 5.45.